The van der Waals surface area contributed by atoms with Gasteiger partial charge in [-0.15, -0.1) is 0 Å². The van der Waals surface area contributed by atoms with E-state index >= 15 is 0 Å². The van der Waals surface area contributed by atoms with Crippen molar-refractivity contribution in [3.8, 4) is 0 Å². The zero-order valence-corrected chi connectivity index (χ0v) is 10.1. The van der Waals surface area contributed by atoms with Gasteiger partial charge in [-0.25, -0.2) is 4.98 Å². The SMILES string of the molecule is CCCCSc1nc2cc(Cl)ccc2o1. The third-order valence-electron chi connectivity index (χ3n) is 2.05. The van der Waals surface area contributed by atoms with E-state index in [2.05, 4.69) is 11.9 Å². The summed E-state index contributed by atoms with van der Waals surface area (Å²) < 4.78 is 5.56. The van der Waals surface area contributed by atoms with Crippen molar-refractivity contribution in [2.45, 2.75) is 25.0 Å². The molecule has 1 heterocycles. The van der Waals surface area contributed by atoms with Gasteiger partial charge in [0.2, 0.25) is 0 Å². The van der Waals surface area contributed by atoms with Gasteiger partial charge in [0.25, 0.3) is 5.22 Å². The van der Waals surface area contributed by atoms with E-state index in [0.29, 0.717) is 5.02 Å². The zero-order valence-electron chi connectivity index (χ0n) is 8.50. The van der Waals surface area contributed by atoms with Crippen molar-refractivity contribution in [1.82, 2.24) is 4.98 Å². The molecule has 0 N–H and O–H groups in total. The summed E-state index contributed by atoms with van der Waals surface area (Å²) in [4.78, 5) is 4.36. The summed E-state index contributed by atoms with van der Waals surface area (Å²) in [6.45, 7) is 2.17. The van der Waals surface area contributed by atoms with Crippen LogP contribution in [0.3, 0.4) is 0 Å². The molecule has 0 aliphatic heterocycles. The fourth-order valence-corrected chi connectivity index (χ4v) is 2.33. The molecule has 2 aromatic rings. The van der Waals surface area contributed by atoms with E-state index in [1.54, 1.807) is 11.8 Å². The Morgan fingerprint density at radius 2 is 2.33 bits per heavy atom. The van der Waals surface area contributed by atoms with E-state index in [-0.39, 0.29) is 0 Å². The monoisotopic (exact) mass is 241 g/mol. The number of oxazole rings is 1. The third kappa shape index (κ3) is 2.67. The van der Waals surface area contributed by atoms with E-state index < -0.39 is 0 Å². The molecule has 0 radical (unpaired) electrons. The van der Waals surface area contributed by atoms with Gasteiger partial charge in [0, 0.05) is 10.8 Å². The van der Waals surface area contributed by atoms with E-state index in [0.717, 1.165) is 22.1 Å². The molecule has 0 bridgehead atoms. The first-order chi connectivity index (χ1) is 7.29. The second-order valence-electron chi connectivity index (χ2n) is 3.29. The highest BCUT2D eigenvalue weighted by Crippen LogP contribution is 2.25. The number of fused-ring (bicyclic) bond motifs is 1. The summed E-state index contributed by atoms with van der Waals surface area (Å²) in [5.41, 5.74) is 1.64. The van der Waals surface area contributed by atoms with Crippen LogP contribution >= 0.6 is 23.4 Å². The van der Waals surface area contributed by atoms with Crippen molar-refractivity contribution in [2.24, 2.45) is 0 Å². The second-order valence-corrected chi connectivity index (χ2v) is 4.78. The quantitative estimate of drug-likeness (QED) is 0.587. The van der Waals surface area contributed by atoms with Gasteiger partial charge in [-0.2, -0.15) is 0 Å². The van der Waals surface area contributed by atoms with Gasteiger partial charge in [0.15, 0.2) is 5.58 Å². The van der Waals surface area contributed by atoms with Crippen LogP contribution in [-0.4, -0.2) is 10.7 Å². The van der Waals surface area contributed by atoms with Crippen LogP contribution < -0.4 is 0 Å². The van der Waals surface area contributed by atoms with E-state index in [1.165, 1.54) is 12.8 Å². The number of unbranched alkanes of at least 4 members (excludes halogenated alkanes) is 1. The molecule has 1 aromatic carbocycles. The smallest absolute Gasteiger partial charge is 0.256 e. The predicted octanol–water partition coefficient (Wildman–Crippen LogP) is 4.37. The number of nitrogens with zero attached hydrogens (tertiary/aromatic N) is 1. The molecule has 2 nitrogen and oxygen atoms in total. The average Bonchev–Trinajstić information content (AvgIpc) is 2.60. The third-order valence-corrected chi connectivity index (χ3v) is 3.20. The minimum Gasteiger partial charge on any atom is -0.431 e. The Bertz CT molecular complexity index is 455. The maximum absolute atomic E-state index is 5.87. The molecule has 0 saturated carbocycles. The molecule has 2 rings (SSSR count). The Hall–Kier alpha value is -0.670. The number of hydrogen-bond donors (Lipinski definition) is 0. The summed E-state index contributed by atoms with van der Waals surface area (Å²) in [5.74, 6) is 1.05. The van der Waals surface area contributed by atoms with Crippen molar-refractivity contribution in [1.29, 1.82) is 0 Å². The lowest BCUT2D eigenvalue weighted by Gasteiger charge is -1.91. The molecule has 0 aliphatic carbocycles. The first-order valence-corrected chi connectivity index (χ1v) is 6.35. The minimum absolute atomic E-state index is 0.695. The normalized spacial score (nSPS) is 11.1. The van der Waals surface area contributed by atoms with Crippen LogP contribution in [0.15, 0.2) is 27.8 Å². The van der Waals surface area contributed by atoms with Gasteiger partial charge >= 0.3 is 0 Å². The highest BCUT2D eigenvalue weighted by Gasteiger charge is 2.05. The van der Waals surface area contributed by atoms with Crippen molar-refractivity contribution < 1.29 is 4.42 Å². The molecule has 0 aliphatic rings. The Labute approximate surface area is 98.0 Å². The summed E-state index contributed by atoms with van der Waals surface area (Å²) >= 11 is 7.52. The first-order valence-electron chi connectivity index (χ1n) is 4.98. The van der Waals surface area contributed by atoms with E-state index in [4.69, 9.17) is 16.0 Å². The van der Waals surface area contributed by atoms with Crippen molar-refractivity contribution in [3.63, 3.8) is 0 Å². The highest BCUT2D eigenvalue weighted by atomic mass is 35.5. The van der Waals surface area contributed by atoms with Crippen LogP contribution in [0.1, 0.15) is 19.8 Å². The molecule has 0 atom stereocenters. The summed E-state index contributed by atoms with van der Waals surface area (Å²) in [6, 6.07) is 5.49. The van der Waals surface area contributed by atoms with Crippen LogP contribution in [0.25, 0.3) is 11.1 Å². The summed E-state index contributed by atoms with van der Waals surface area (Å²) in [5, 5.41) is 1.43. The van der Waals surface area contributed by atoms with Crippen LogP contribution in [0, 0.1) is 0 Å². The lowest BCUT2D eigenvalue weighted by Crippen LogP contribution is -1.77. The van der Waals surface area contributed by atoms with Crippen LogP contribution in [0.5, 0.6) is 0 Å². The van der Waals surface area contributed by atoms with E-state index in [9.17, 15) is 0 Å². The molecule has 4 heteroatoms. The largest absolute Gasteiger partial charge is 0.431 e. The van der Waals surface area contributed by atoms with Gasteiger partial charge < -0.3 is 4.42 Å². The number of halogens is 1. The van der Waals surface area contributed by atoms with Crippen molar-refractivity contribution in [2.75, 3.05) is 5.75 Å². The number of rotatable bonds is 4. The highest BCUT2D eigenvalue weighted by molar-refractivity contribution is 7.99. The van der Waals surface area contributed by atoms with Gasteiger partial charge in [0.1, 0.15) is 5.52 Å². The number of thioether (sulfide) groups is 1. The fraction of sp³-hybridized carbons (Fsp3) is 0.364. The minimum atomic E-state index is 0.695. The summed E-state index contributed by atoms with van der Waals surface area (Å²) in [7, 11) is 0. The van der Waals surface area contributed by atoms with Gasteiger partial charge in [-0.05, 0) is 24.6 Å². The topological polar surface area (TPSA) is 26.0 Å². The summed E-state index contributed by atoms with van der Waals surface area (Å²) in [6.07, 6.45) is 2.38. The molecular formula is C11H12ClNOS. The van der Waals surface area contributed by atoms with Gasteiger partial charge in [-0.1, -0.05) is 36.7 Å². The van der Waals surface area contributed by atoms with E-state index in [1.807, 2.05) is 18.2 Å². The molecule has 15 heavy (non-hydrogen) atoms. The standard InChI is InChI=1S/C11H12ClNOS/c1-2-3-6-15-11-13-9-7-8(12)4-5-10(9)14-11/h4-5,7H,2-3,6H2,1H3. The van der Waals surface area contributed by atoms with Crippen LogP contribution in [-0.2, 0) is 0 Å². The maximum Gasteiger partial charge on any atom is 0.256 e. The number of hydrogen-bond acceptors (Lipinski definition) is 3. The Morgan fingerprint density at radius 3 is 3.13 bits per heavy atom. The lowest BCUT2D eigenvalue weighted by atomic mass is 10.3. The van der Waals surface area contributed by atoms with Crippen LogP contribution in [0.2, 0.25) is 5.02 Å². The van der Waals surface area contributed by atoms with Crippen LogP contribution in [0.4, 0.5) is 0 Å². The number of benzene rings is 1. The number of aromatic nitrogens is 1. The molecule has 1 aromatic heterocycles. The zero-order chi connectivity index (χ0) is 10.7. The maximum atomic E-state index is 5.87. The molecular weight excluding hydrogens is 230 g/mol. The van der Waals surface area contributed by atoms with Gasteiger partial charge in [0.05, 0.1) is 0 Å². The second kappa shape index (κ2) is 4.90. The molecule has 0 unspecified atom stereocenters. The molecule has 0 saturated heterocycles. The molecule has 80 valence electrons. The first kappa shape index (κ1) is 10.8. The molecule has 0 fully saturated rings. The predicted molar refractivity (Wildman–Crippen MR) is 64.7 cm³/mol. The lowest BCUT2D eigenvalue weighted by molar-refractivity contribution is 0.489. The van der Waals surface area contributed by atoms with Crippen molar-refractivity contribution >= 4 is 34.5 Å². The Balaban J connectivity index is 2.16. The average molecular weight is 242 g/mol. The molecule has 0 amide bonds. The Morgan fingerprint density at radius 1 is 1.47 bits per heavy atom. The van der Waals surface area contributed by atoms with Crippen molar-refractivity contribution in [3.05, 3.63) is 23.2 Å². The fourth-order valence-electron chi connectivity index (χ4n) is 1.24. The Kier molecular flexibility index (Phi) is 3.54. The molecule has 0 spiro atoms. The van der Waals surface area contributed by atoms with Gasteiger partial charge in [-0.3, -0.25) is 0 Å².